The van der Waals surface area contributed by atoms with Gasteiger partial charge < -0.3 is 14.3 Å². The van der Waals surface area contributed by atoms with Crippen molar-refractivity contribution in [2.45, 2.75) is 13.3 Å². The zero-order valence-electron chi connectivity index (χ0n) is 9.80. The number of carboxylic acids is 1. The van der Waals surface area contributed by atoms with Gasteiger partial charge >= 0.3 is 11.6 Å². The molecule has 0 amide bonds. The van der Waals surface area contributed by atoms with Gasteiger partial charge in [0.2, 0.25) is 0 Å². The Labute approximate surface area is 103 Å². The van der Waals surface area contributed by atoms with E-state index in [2.05, 4.69) is 0 Å². The first-order valence-electron chi connectivity index (χ1n) is 5.45. The van der Waals surface area contributed by atoms with Crippen LogP contribution in [0.4, 0.5) is 0 Å². The molecule has 0 saturated heterocycles. The van der Waals surface area contributed by atoms with Gasteiger partial charge in [-0.15, -0.1) is 0 Å². The van der Waals surface area contributed by atoms with Crippen molar-refractivity contribution in [3.63, 3.8) is 0 Å². The molecule has 0 unspecified atom stereocenters. The molecule has 0 aliphatic carbocycles. The van der Waals surface area contributed by atoms with Crippen LogP contribution in [0.15, 0.2) is 33.5 Å². The van der Waals surface area contributed by atoms with Gasteiger partial charge in [-0.2, -0.15) is 0 Å². The van der Waals surface area contributed by atoms with E-state index >= 15 is 0 Å². The van der Waals surface area contributed by atoms with E-state index in [4.69, 9.17) is 14.3 Å². The number of aliphatic carboxylic acids is 1. The Bertz CT molecular complexity index is 641. The van der Waals surface area contributed by atoms with Crippen molar-refractivity contribution in [3.05, 3.63) is 40.2 Å². The first-order chi connectivity index (χ1) is 8.56. The highest BCUT2D eigenvalue weighted by Gasteiger charge is 2.04. The van der Waals surface area contributed by atoms with Crippen molar-refractivity contribution in [3.8, 4) is 5.75 Å². The largest absolute Gasteiger partial charge is 0.493 e. The summed E-state index contributed by atoms with van der Waals surface area (Å²) in [5.74, 6) is -0.435. The Morgan fingerprint density at radius 1 is 1.39 bits per heavy atom. The maximum absolute atomic E-state index is 11.2. The van der Waals surface area contributed by atoms with E-state index < -0.39 is 11.6 Å². The fourth-order valence-corrected chi connectivity index (χ4v) is 1.65. The molecule has 0 radical (unpaired) electrons. The lowest BCUT2D eigenvalue weighted by molar-refractivity contribution is -0.137. The molecule has 0 aliphatic rings. The molecule has 1 aromatic carbocycles. The third kappa shape index (κ3) is 2.68. The molecule has 0 saturated carbocycles. The number of rotatable bonds is 4. The molecule has 18 heavy (non-hydrogen) atoms. The summed E-state index contributed by atoms with van der Waals surface area (Å²) in [6.07, 6.45) is -0.0736. The summed E-state index contributed by atoms with van der Waals surface area (Å²) in [7, 11) is 0. The van der Waals surface area contributed by atoms with Gasteiger partial charge in [-0.1, -0.05) is 0 Å². The van der Waals surface area contributed by atoms with E-state index in [0.29, 0.717) is 11.3 Å². The smallest absolute Gasteiger partial charge is 0.336 e. The number of benzene rings is 1. The van der Waals surface area contributed by atoms with Crippen molar-refractivity contribution >= 4 is 16.9 Å². The van der Waals surface area contributed by atoms with Crippen LogP contribution in [0.5, 0.6) is 5.75 Å². The van der Waals surface area contributed by atoms with Crippen LogP contribution in [0.3, 0.4) is 0 Å². The minimum absolute atomic E-state index is 0.0736. The number of fused-ring (bicyclic) bond motifs is 1. The number of hydrogen-bond acceptors (Lipinski definition) is 4. The van der Waals surface area contributed by atoms with E-state index in [1.54, 1.807) is 18.2 Å². The molecular formula is C13H12O5. The van der Waals surface area contributed by atoms with Gasteiger partial charge in [-0.25, -0.2) is 4.79 Å². The van der Waals surface area contributed by atoms with E-state index in [-0.39, 0.29) is 13.0 Å². The third-order valence-electron chi connectivity index (χ3n) is 2.51. The molecule has 0 aliphatic heterocycles. The third-order valence-corrected chi connectivity index (χ3v) is 2.51. The zero-order chi connectivity index (χ0) is 13.1. The predicted octanol–water partition coefficient (Wildman–Crippen LogP) is 1.95. The van der Waals surface area contributed by atoms with Gasteiger partial charge in [0.1, 0.15) is 11.3 Å². The van der Waals surface area contributed by atoms with Crippen LogP contribution in [0.2, 0.25) is 0 Å². The van der Waals surface area contributed by atoms with E-state index in [1.807, 2.05) is 6.92 Å². The van der Waals surface area contributed by atoms with Crippen LogP contribution in [-0.2, 0) is 4.79 Å². The molecule has 2 aromatic rings. The van der Waals surface area contributed by atoms with Gasteiger partial charge in [-0.05, 0) is 24.6 Å². The average Bonchev–Trinajstić information content (AvgIpc) is 2.27. The minimum Gasteiger partial charge on any atom is -0.493 e. The van der Waals surface area contributed by atoms with Crippen molar-refractivity contribution in [2.75, 3.05) is 6.61 Å². The van der Waals surface area contributed by atoms with E-state index in [0.717, 1.165) is 10.9 Å². The number of ether oxygens (including phenoxy) is 1. The maximum atomic E-state index is 11.2. The Kier molecular flexibility index (Phi) is 3.32. The lowest BCUT2D eigenvalue weighted by atomic mass is 10.1. The van der Waals surface area contributed by atoms with Gasteiger partial charge in [-0.3, -0.25) is 4.79 Å². The minimum atomic E-state index is -0.918. The summed E-state index contributed by atoms with van der Waals surface area (Å²) >= 11 is 0. The molecule has 5 nitrogen and oxygen atoms in total. The molecule has 0 bridgehead atoms. The van der Waals surface area contributed by atoms with Crippen LogP contribution in [0, 0.1) is 6.92 Å². The maximum Gasteiger partial charge on any atom is 0.336 e. The molecule has 2 rings (SSSR count). The monoisotopic (exact) mass is 248 g/mol. The molecule has 1 heterocycles. The standard InChI is InChI=1S/C13H12O5/c1-8-6-13(16)18-11-7-9(2-3-10(8)11)17-5-4-12(14)15/h2-3,6-7H,4-5H2,1H3,(H,14,15). The normalized spacial score (nSPS) is 10.5. The van der Waals surface area contributed by atoms with Crippen molar-refractivity contribution in [2.24, 2.45) is 0 Å². The Hall–Kier alpha value is -2.30. The molecule has 1 aromatic heterocycles. The lowest BCUT2D eigenvalue weighted by Gasteiger charge is -2.06. The predicted molar refractivity (Wildman–Crippen MR) is 65.0 cm³/mol. The first kappa shape index (κ1) is 12.2. The van der Waals surface area contributed by atoms with Gasteiger partial charge in [0.05, 0.1) is 13.0 Å². The summed E-state index contributed by atoms with van der Waals surface area (Å²) in [5.41, 5.74) is 0.855. The van der Waals surface area contributed by atoms with Crippen LogP contribution in [0.25, 0.3) is 11.0 Å². The molecule has 94 valence electrons. The summed E-state index contributed by atoms with van der Waals surface area (Å²) < 4.78 is 10.3. The molecule has 0 atom stereocenters. The quantitative estimate of drug-likeness (QED) is 0.837. The highest BCUT2D eigenvalue weighted by Crippen LogP contribution is 2.22. The second-order valence-corrected chi connectivity index (χ2v) is 3.90. The molecule has 5 heteroatoms. The van der Waals surface area contributed by atoms with Crippen LogP contribution < -0.4 is 10.4 Å². The highest BCUT2D eigenvalue weighted by molar-refractivity contribution is 5.81. The summed E-state index contributed by atoms with van der Waals surface area (Å²) in [6.45, 7) is 1.90. The van der Waals surface area contributed by atoms with Gasteiger partial charge in [0.15, 0.2) is 0 Å². The Balaban J connectivity index is 2.27. The average molecular weight is 248 g/mol. The number of carboxylic acid groups (broad SMARTS) is 1. The number of hydrogen-bond donors (Lipinski definition) is 1. The summed E-state index contributed by atoms with van der Waals surface area (Å²) in [4.78, 5) is 21.6. The first-order valence-corrected chi connectivity index (χ1v) is 5.45. The van der Waals surface area contributed by atoms with Crippen molar-refractivity contribution < 1.29 is 19.1 Å². The van der Waals surface area contributed by atoms with Crippen LogP contribution in [-0.4, -0.2) is 17.7 Å². The second kappa shape index (κ2) is 4.91. The van der Waals surface area contributed by atoms with Gasteiger partial charge in [0.25, 0.3) is 0 Å². The number of aryl methyl sites for hydroxylation is 1. The van der Waals surface area contributed by atoms with Crippen molar-refractivity contribution in [1.29, 1.82) is 0 Å². The Morgan fingerprint density at radius 2 is 2.17 bits per heavy atom. The fourth-order valence-electron chi connectivity index (χ4n) is 1.65. The lowest BCUT2D eigenvalue weighted by Crippen LogP contribution is -2.05. The SMILES string of the molecule is Cc1cc(=O)oc2cc(OCCC(=O)O)ccc12. The highest BCUT2D eigenvalue weighted by atomic mass is 16.5. The summed E-state index contributed by atoms with van der Waals surface area (Å²) in [6, 6.07) is 6.51. The van der Waals surface area contributed by atoms with Gasteiger partial charge in [0, 0.05) is 17.5 Å². The number of carbonyl (C=O) groups is 1. The second-order valence-electron chi connectivity index (χ2n) is 3.90. The zero-order valence-corrected chi connectivity index (χ0v) is 9.80. The van der Waals surface area contributed by atoms with Crippen molar-refractivity contribution in [1.82, 2.24) is 0 Å². The van der Waals surface area contributed by atoms with Crippen LogP contribution in [0.1, 0.15) is 12.0 Å². The molecular weight excluding hydrogens is 236 g/mol. The van der Waals surface area contributed by atoms with Crippen LogP contribution >= 0.6 is 0 Å². The summed E-state index contributed by atoms with van der Waals surface area (Å²) in [5, 5.41) is 9.33. The molecule has 1 N–H and O–H groups in total. The van der Waals surface area contributed by atoms with E-state index in [1.165, 1.54) is 6.07 Å². The fraction of sp³-hybridized carbons (Fsp3) is 0.231. The molecule has 0 spiro atoms. The topological polar surface area (TPSA) is 76.7 Å². The molecule has 0 fully saturated rings. The van der Waals surface area contributed by atoms with E-state index in [9.17, 15) is 9.59 Å². The Morgan fingerprint density at radius 3 is 2.89 bits per heavy atom.